The van der Waals surface area contributed by atoms with Gasteiger partial charge < -0.3 is 15.5 Å². The van der Waals surface area contributed by atoms with Gasteiger partial charge in [-0.3, -0.25) is 9.78 Å². The van der Waals surface area contributed by atoms with Gasteiger partial charge in [0.1, 0.15) is 11.3 Å². The van der Waals surface area contributed by atoms with Crippen molar-refractivity contribution >= 4 is 17.6 Å². The van der Waals surface area contributed by atoms with Crippen molar-refractivity contribution < 1.29 is 19.8 Å². The number of pyridine rings is 1. The lowest BCUT2D eigenvalue weighted by molar-refractivity contribution is -0.116. The summed E-state index contributed by atoms with van der Waals surface area (Å²) in [6, 6.07) is 7.57. The number of rotatable bonds is 5. The maximum atomic E-state index is 11.8. The first-order valence-electron chi connectivity index (χ1n) is 6.31. The number of carbonyl (C=O) groups is 2. The fraction of sp³-hybridized carbons (Fsp3) is 0.133. The Bertz CT molecular complexity index is 656. The second-order valence-electron chi connectivity index (χ2n) is 4.44. The van der Waals surface area contributed by atoms with Crippen LogP contribution in [-0.2, 0) is 11.2 Å². The smallest absolute Gasteiger partial charge is 0.339 e. The standard InChI is InChI=1S/C15H14N2O4/c18-13-9-11(2-3-12(13)15(20)21)17-14(19)4-1-10-5-7-16-8-6-10/h2-3,5-9,18H,1,4H2,(H,17,19)(H,20,21). The van der Waals surface area contributed by atoms with Gasteiger partial charge in [-0.2, -0.15) is 0 Å². The monoisotopic (exact) mass is 286 g/mol. The van der Waals surface area contributed by atoms with E-state index in [9.17, 15) is 14.7 Å². The third-order valence-electron chi connectivity index (χ3n) is 2.90. The molecule has 0 saturated heterocycles. The van der Waals surface area contributed by atoms with Crippen molar-refractivity contribution in [3.8, 4) is 5.75 Å². The molecule has 1 heterocycles. The zero-order valence-corrected chi connectivity index (χ0v) is 11.1. The van der Waals surface area contributed by atoms with Gasteiger partial charge in [-0.1, -0.05) is 0 Å². The van der Waals surface area contributed by atoms with Gasteiger partial charge in [0.25, 0.3) is 0 Å². The molecule has 108 valence electrons. The highest BCUT2D eigenvalue weighted by atomic mass is 16.4. The van der Waals surface area contributed by atoms with Gasteiger partial charge in [-0.05, 0) is 36.2 Å². The number of phenols is 1. The number of hydrogen-bond acceptors (Lipinski definition) is 4. The molecule has 2 rings (SSSR count). The van der Waals surface area contributed by atoms with E-state index in [0.717, 1.165) is 5.56 Å². The van der Waals surface area contributed by atoms with Gasteiger partial charge in [-0.15, -0.1) is 0 Å². The van der Waals surface area contributed by atoms with Crippen molar-refractivity contribution in [2.45, 2.75) is 12.8 Å². The Morgan fingerprint density at radius 3 is 2.48 bits per heavy atom. The minimum atomic E-state index is -1.22. The molecule has 0 spiro atoms. The van der Waals surface area contributed by atoms with Crippen molar-refractivity contribution in [3.05, 3.63) is 53.9 Å². The third kappa shape index (κ3) is 4.04. The molecule has 1 aromatic heterocycles. The highest BCUT2D eigenvalue weighted by Crippen LogP contribution is 2.22. The number of aromatic carboxylic acids is 1. The van der Waals surface area contributed by atoms with Crippen LogP contribution in [-0.4, -0.2) is 27.1 Å². The molecule has 21 heavy (non-hydrogen) atoms. The molecular weight excluding hydrogens is 272 g/mol. The predicted molar refractivity (Wildman–Crippen MR) is 76.3 cm³/mol. The number of nitrogens with one attached hydrogen (secondary N) is 1. The normalized spacial score (nSPS) is 10.1. The van der Waals surface area contributed by atoms with Gasteiger partial charge in [0.05, 0.1) is 0 Å². The number of aromatic hydroxyl groups is 1. The Morgan fingerprint density at radius 1 is 1.14 bits per heavy atom. The van der Waals surface area contributed by atoms with Gasteiger partial charge >= 0.3 is 5.97 Å². The van der Waals surface area contributed by atoms with Crippen LogP contribution in [0, 0.1) is 0 Å². The van der Waals surface area contributed by atoms with E-state index >= 15 is 0 Å². The summed E-state index contributed by atoms with van der Waals surface area (Å²) in [6.07, 6.45) is 4.19. The van der Waals surface area contributed by atoms with E-state index in [1.807, 2.05) is 12.1 Å². The van der Waals surface area contributed by atoms with Crippen LogP contribution in [0.25, 0.3) is 0 Å². The van der Waals surface area contributed by atoms with Crippen molar-refractivity contribution in [2.24, 2.45) is 0 Å². The molecule has 0 bridgehead atoms. The first kappa shape index (κ1) is 14.5. The molecule has 1 amide bonds. The molecule has 2 aromatic rings. The molecule has 0 unspecified atom stereocenters. The molecule has 0 fully saturated rings. The van der Waals surface area contributed by atoms with E-state index in [1.165, 1.54) is 18.2 Å². The minimum absolute atomic E-state index is 0.204. The Labute approximate surface area is 121 Å². The summed E-state index contributed by atoms with van der Waals surface area (Å²) in [4.78, 5) is 26.4. The molecular formula is C15H14N2O4. The Balaban J connectivity index is 1.94. The van der Waals surface area contributed by atoms with E-state index in [-0.39, 0.29) is 23.6 Å². The quantitative estimate of drug-likeness (QED) is 0.781. The first-order chi connectivity index (χ1) is 10.1. The van der Waals surface area contributed by atoms with Crippen LogP contribution in [0.1, 0.15) is 22.3 Å². The molecule has 6 nitrogen and oxygen atoms in total. The molecule has 6 heteroatoms. The van der Waals surface area contributed by atoms with Crippen LogP contribution in [0.5, 0.6) is 5.75 Å². The molecule has 0 saturated carbocycles. The SMILES string of the molecule is O=C(CCc1ccncc1)Nc1ccc(C(=O)O)c(O)c1. The highest BCUT2D eigenvalue weighted by molar-refractivity contribution is 5.94. The fourth-order valence-corrected chi connectivity index (χ4v) is 1.82. The maximum absolute atomic E-state index is 11.8. The van der Waals surface area contributed by atoms with Crippen LogP contribution in [0.3, 0.4) is 0 Å². The van der Waals surface area contributed by atoms with E-state index in [1.54, 1.807) is 12.4 Å². The average Bonchev–Trinajstić information content (AvgIpc) is 2.46. The number of nitrogens with zero attached hydrogens (tertiary/aromatic N) is 1. The van der Waals surface area contributed by atoms with Crippen LogP contribution in [0.15, 0.2) is 42.7 Å². The van der Waals surface area contributed by atoms with E-state index in [0.29, 0.717) is 12.1 Å². The lowest BCUT2D eigenvalue weighted by atomic mass is 10.1. The summed E-state index contributed by atoms with van der Waals surface area (Å²) in [5, 5.41) is 21.0. The van der Waals surface area contributed by atoms with Crippen molar-refractivity contribution in [3.63, 3.8) is 0 Å². The lowest BCUT2D eigenvalue weighted by Gasteiger charge is -2.07. The predicted octanol–water partition coefficient (Wildman–Crippen LogP) is 2.06. The fourth-order valence-electron chi connectivity index (χ4n) is 1.82. The van der Waals surface area contributed by atoms with Crippen molar-refractivity contribution in [2.75, 3.05) is 5.32 Å². The topological polar surface area (TPSA) is 99.5 Å². The van der Waals surface area contributed by atoms with Crippen molar-refractivity contribution in [1.82, 2.24) is 4.98 Å². The second kappa shape index (κ2) is 6.51. The first-order valence-corrected chi connectivity index (χ1v) is 6.31. The van der Waals surface area contributed by atoms with Gasteiger partial charge in [0.15, 0.2) is 0 Å². The zero-order chi connectivity index (χ0) is 15.2. The number of benzene rings is 1. The number of carboxylic acids is 1. The number of hydrogen-bond donors (Lipinski definition) is 3. The molecule has 0 atom stereocenters. The number of carbonyl (C=O) groups excluding carboxylic acids is 1. The lowest BCUT2D eigenvalue weighted by Crippen LogP contribution is -2.12. The van der Waals surface area contributed by atoms with E-state index < -0.39 is 5.97 Å². The second-order valence-corrected chi connectivity index (χ2v) is 4.44. The molecule has 0 radical (unpaired) electrons. The van der Waals surface area contributed by atoms with Gasteiger partial charge in [-0.25, -0.2) is 4.79 Å². The third-order valence-corrected chi connectivity index (χ3v) is 2.90. The molecule has 0 aliphatic heterocycles. The van der Waals surface area contributed by atoms with Gasteiger partial charge in [0, 0.05) is 30.6 Å². The summed E-state index contributed by atoms with van der Waals surface area (Å²) < 4.78 is 0. The largest absolute Gasteiger partial charge is 0.507 e. The Kier molecular flexibility index (Phi) is 4.50. The number of carboxylic acid groups (broad SMARTS) is 1. The Morgan fingerprint density at radius 2 is 1.86 bits per heavy atom. The van der Waals surface area contributed by atoms with Crippen molar-refractivity contribution in [1.29, 1.82) is 0 Å². The summed E-state index contributed by atoms with van der Waals surface area (Å²) in [7, 11) is 0. The zero-order valence-electron chi connectivity index (χ0n) is 11.1. The van der Waals surface area contributed by atoms with E-state index in [4.69, 9.17) is 5.11 Å². The minimum Gasteiger partial charge on any atom is -0.507 e. The van der Waals surface area contributed by atoms with Crippen LogP contribution >= 0.6 is 0 Å². The summed E-state index contributed by atoms with van der Waals surface area (Å²) >= 11 is 0. The Hall–Kier alpha value is -2.89. The number of amides is 1. The average molecular weight is 286 g/mol. The van der Waals surface area contributed by atoms with Gasteiger partial charge in [0.2, 0.25) is 5.91 Å². The number of aromatic nitrogens is 1. The van der Waals surface area contributed by atoms with E-state index in [2.05, 4.69) is 10.3 Å². The molecule has 0 aliphatic carbocycles. The summed E-state index contributed by atoms with van der Waals surface area (Å²) in [6.45, 7) is 0. The molecule has 3 N–H and O–H groups in total. The number of anilines is 1. The maximum Gasteiger partial charge on any atom is 0.339 e. The highest BCUT2D eigenvalue weighted by Gasteiger charge is 2.11. The molecule has 0 aliphatic rings. The number of aryl methyl sites for hydroxylation is 1. The summed E-state index contributed by atoms with van der Waals surface area (Å²) in [5.74, 6) is -1.81. The van der Waals surface area contributed by atoms with Crippen LogP contribution < -0.4 is 5.32 Å². The van der Waals surface area contributed by atoms with Crippen LogP contribution in [0.4, 0.5) is 5.69 Å². The molecule has 1 aromatic carbocycles. The van der Waals surface area contributed by atoms with Crippen LogP contribution in [0.2, 0.25) is 0 Å². The summed E-state index contributed by atoms with van der Waals surface area (Å²) in [5.41, 5.74) is 1.16.